The number of hydrogen-bond acceptors (Lipinski definition) is 1. The predicted molar refractivity (Wildman–Crippen MR) is 55.7 cm³/mol. The van der Waals surface area contributed by atoms with Crippen LogP contribution in [0.25, 0.3) is 0 Å². The highest BCUT2D eigenvalue weighted by molar-refractivity contribution is 6.39. The highest BCUT2D eigenvalue weighted by Crippen LogP contribution is 2.22. The molecule has 1 aromatic rings. The van der Waals surface area contributed by atoms with Gasteiger partial charge in [-0.05, 0) is 18.6 Å². The lowest BCUT2D eigenvalue weighted by Gasteiger charge is -2.07. The number of alkyl halides is 1. The Hall–Kier alpha value is -0.600. The average molecular weight is 235 g/mol. The van der Waals surface area contributed by atoms with Gasteiger partial charge in [-0.3, -0.25) is 4.79 Å². The van der Waals surface area contributed by atoms with E-state index in [1.165, 1.54) is 18.2 Å². The molecule has 1 rings (SSSR count). The fourth-order valence-corrected chi connectivity index (χ4v) is 1.38. The molecule has 0 bridgehead atoms. The molecule has 0 fully saturated rings. The van der Waals surface area contributed by atoms with E-state index < -0.39 is 11.2 Å². The van der Waals surface area contributed by atoms with Crippen molar-refractivity contribution < 1.29 is 9.18 Å². The summed E-state index contributed by atoms with van der Waals surface area (Å²) < 4.78 is 13.0. The van der Waals surface area contributed by atoms with E-state index >= 15 is 0 Å². The van der Waals surface area contributed by atoms with Crippen molar-refractivity contribution in [1.82, 2.24) is 0 Å². The summed E-state index contributed by atoms with van der Waals surface area (Å²) in [5.41, 5.74) is 0.147. The zero-order valence-corrected chi connectivity index (χ0v) is 9.07. The van der Waals surface area contributed by atoms with Crippen molar-refractivity contribution >= 4 is 29.0 Å². The van der Waals surface area contributed by atoms with Gasteiger partial charge in [-0.2, -0.15) is 0 Å². The second kappa shape index (κ2) is 4.76. The molecule has 14 heavy (non-hydrogen) atoms. The van der Waals surface area contributed by atoms with Gasteiger partial charge in [-0.1, -0.05) is 24.6 Å². The van der Waals surface area contributed by atoms with Crippen LogP contribution < -0.4 is 0 Å². The predicted octanol–water partition coefficient (Wildman–Crippen LogP) is 3.68. The quantitative estimate of drug-likeness (QED) is 0.576. The maximum absolute atomic E-state index is 13.0. The maximum Gasteiger partial charge on any atom is 0.182 e. The Morgan fingerprint density at radius 3 is 2.79 bits per heavy atom. The highest BCUT2D eigenvalue weighted by atomic mass is 35.5. The number of Topliss-reactive ketones (excluding diaryl/α,β-unsaturated/α-hetero) is 1. The number of hydrogen-bond donors (Lipinski definition) is 0. The van der Waals surface area contributed by atoms with Crippen molar-refractivity contribution in [2.45, 2.75) is 18.7 Å². The van der Waals surface area contributed by atoms with E-state index in [0.717, 1.165) is 0 Å². The van der Waals surface area contributed by atoms with Crippen LogP contribution >= 0.6 is 23.2 Å². The molecule has 0 aliphatic heterocycles. The van der Waals surface area contributed by atoms with Crippen LogP contribution in [0.4, 0.5) is 4.39 Å². The van der Waals surface area contributed by atoms with Gasteiger partial charge in [0.1, 0.15) is 5.82 Å². The summed E-state index contributed by atoms with van der Waals surface area (Å²) in [6.45, 7) is 1.78. The molecule has 1 atom stereocenters. The van der Waals surface area contributed by atoms with Crippen LogP contribution in [0.15, 0.2) is 18.2 Å². The van der Waals surface area contributed by atoms with Crippen molar-refractivity contribution in [3.63, 3.8) is 0 Å². The van der Waals surface area contributed by atoms with Crippen molar-refractivity contribution in [1.29, 1.82) is 0 Å². The summed E-state index contributed by atoms with van der Waals surface area (Å²) in [4.78, 5) is 11.6. The number of ketones is 1. The van der Waals surface area contributed by atoms with Gasteiger partial charge in [0.2, 0.25) is 0 Å². The fourth-order valence-electron chi connectivity index (χ4n) is 1.05. The normalized spacial score (nSPS) is 12.6. The van der Waals surface area contributed by atoms with Crippen molar-refractivity contribution in [3.8, 4) is 0 Å². The van der Waals surface area contributed by atoms with Gasteiger partial charge >= 0.3 is 0 Å². The molecule has 0 spiro atoms. The molecule has 4 heteroatoms. The van der Waals surface area contributed by atoms with Crippen LogP contribution in [0.3, 0.4) is 0 Å². The van der Waals surface area contributed by atoms with E-state index in [1.807, 2.05) is 0 Å². The number of rotatable bonds is 3. The van der Waals surface area contributed by atoms with Crippen molar-refractivity contribution in [2.75, 3.05) is 0 Å². The Morgan fingerprint density at radius 2 is 2.21 bits per heavy atom. The van der Waals surface area contributed by atoms with E-state index in [0.29, 0.717) is 6.42 Å². The topological polar surface area (TPSA) is 17.1 Å². The monoisotopic (exact) mass is 234 g/mol. The Labute approximate surface area is 91.8 Å². The third-order valence-corrected chi connectivity index (χ3v) is 2.75. The summed E-state index contributed by atoms with van der Waals surface area (Å²) in [7, 11) is 0. The van der Waals surface area contributed by atoms with E-state index in [9.17, 15) is 9.18 Å². The molecule has 0 aliphatic carbocycles. The lowest BCUT2D eigenvalue weighted by Crippen LogP contribution is -2.14. The first-order valence-corrected chi connectivity index (χ1v) is 5.01. The van der Waals surface area contributed by atoms with Crippen LogP contribution in [0, 0.1) is 5.82 Å². The fraction of sp³-hybridized carbons (Fsp3) is 0.300. The minimum Gasteiger partial charge on any atom is -0.292 e. The molecule has 1 aromatic carbocycles. The van der Waals surface area contributed by atoms with Gasteiger partial charge in [-0.15, -0.1) is 11.6 Å². The molecule has 0 saturated heterocycles. The first-order chi connectivity index (χ1) is 6.57. The third-order valence-electron chi connectivity index (χ3n) is 1.86. The van der Waals surface area contributed by atoms with E-state index in [-0.39, 0.29) is 16.4 Å². The standard InChI is InChI=1S/C10H9Cl2FO/c1-2-7(11)10(14)6-4-3-5-8(13)9(6)12/h3-5,7H,2H2,1H3. The number of carbonyl (C=O) groups excluding carboxylic acids is 1. The smallest absolute Gasteiger partial charge is 0.182 e. The van der Waals surface area contributed by atoms with Gasteiger partial charge in [0, 0.05) is 5.56 Å². The summed E-state index contributed by atoms with van der Waals surface area (Å²) >= 11 is 11.4. The lowest BCUT2D eigenvalue weighted by atomic mass is 10.1. The van der Waals surface area contributed by atoms with E-state index in [2.05, 4.69) is 0 Å². The van der Waals surface area contributed by atoms with Gasteiger partial charge in [0.25, 0.3) is 0 Å². The molecule has 0 N–H and O–H groups in total. The van der Waals surface area contributed by atoms with Crippen molar-refractivity contribution in [2.24, 2.45) is 0 Å². The number of carbonyl (C=O) groups is 1. The van der Waals surface area contributed by atoms with Gasteiger partial charge in [0.15, 0.2) is 5.78 Å². The van der Waals surface area contributed by atoms with E-state index in [1.54, 1.807) is 6.92 Å². The first-order valence-electron chi connectivity index (χ1n) is 4.20. The first kappa shape index (κ1) is 11.5. The van der Waals surface area contributed by atoms with Crippen LogP contribution in [-0.2, 0) is 0 Å². The van der Waals surface area contributed by atoms with Crippen LogP contribution in [0.5, 0.6) is 0 Å². The largest absolute Gasteiger partial charge is 0.292 e. The minimum atomic E-state index is -0.644. The molecule has 0 aliphatic rings. The second-order valence-electron chi connectivity index (χ2n) is 2.84. The van der Waals surface area contributed by atoms with E-state index in [4.69, 9.17) is 23.2 Å². The van der Waals surface area contributed by atoms with Gasteiger partial charge in [0.05, 0.1) is 10.4 Å². The molecule has 76 valence electrons. The summed E-state index contributed by atoms with van der Waals surface area (Å²) in [6.07, 6.45) is 0.493. The minimum absolute atomic E-state index is 0.147. The Morgan fingerprint density at radius 1 is 1.57 bits per heavy atom. The molecular formula is C10H9Cl2FO. The number of benzene rings is 1. The second-order valence-corrected chi connectivity index (χ2v) is 3.75. The summed E-state index contributed by atoms with van der Waals surface area (Å²) in [5.74, 6) is -0.934. The van der Waals surface area contributed by atoms with Crippen molar-refractivity contribution in [3.05, 3.63) is 34.6 Å². The zero-order valence-electron chi connectivity index (χ0n) is 7.56. The highest BCUT2D eigenvalue weighted by Gasteiger charge is 2.19. The van der Waals surface area contributed by atoms with Crippen LogP contribution in [-0.4, -0.2) is 11.2 Å². The Kier molecular flexibility index (Phi) is 3.90. The van der Waals surface area contributed by atoms with Crippen LogP contribution in [0.1, 0.15) is 23.7 Å². The Bertz CT molecular complexity index is 352. The molecule has 0 amide bonds. The maximum atomic E-state index is 13.0. The van der Waals surface area contributed by atoms with Gasteiger partial charge in [-0.25, -0.2) is 4.39 Å². The zero-order chi connectivity index (χ0) is 10.7. The van der Waals surface area contributed by atoms with Crippen LogP contribution in [0.2, 0.25) is 5.02 Å². The molecule has 0 radical (unpaired) electrons. The molecule has 0 saturated carbocycles. The SMILES string of the molecule is CCC(Cl)C(=O)c1cccc(F)c1Cl. The average Bonchev–Trinajstić information content (AvgIpc) is 2.20. The molecule has 1 unspecified atom stereocenters. The van der Waals surface area contributed by atoms with Gasteiger partial charge < -0.3 is 0 Å². The lowest BCUT2D eigenvalue weighted by molar-refractivity contribution is 0.0985. The summed E-state index contributed by atoms with van der Waals surface area (Å²) in [6, 6.07) is 4.11. The molecule has 0 aromatic heterocycles. The molecular weight excluding hydrogens is 226 g/mol. The third kappa shape index (κ3) is 2.25. The molecule has 0 heterocycles. The molecule has 1 nitrogen and oxygen atoms in total. The number of halogens is 3. The Balaban J connectivity index is 3.07. The summed E-state index contributed by atoms with van der Waals surface area (Å²) in [5, 5.41) is -0.800.